The quantitative estimate of drug-likeness (QED) is 0.554. The first-order valence-electron chi connectivity index (χ1n) is 8.54. The molecule has 0 saturated carbocycles. The van der Waals surface area contributed by atoms with E-state index in [0.717, 1.165) is 10.0 Å². The third-order valence-corrected chi connectivity index (χ3v) is 4.42. The minimum absolute atomic E-state index is 0.143. The summed E-state index contributed by atoms with van der Waals surface area (Å²) in [6, 6.07) is 16.8. The summed E-state index contributed by atoms with van der Waals surface area (Å²) in [5.41, 5.74) is 1.05. The van der Waals surface area contributed by atoms with E-state index in [1.165, 1.54) is 10.9 Å². The van der Waals surface area contributed by atoms with Crippen LogP contribution in [0.1, 0.15) is 16.1 Å². The molecule has 8 heteroatoms. The zero-order chi connectivity index (χ0) is 19.9. The molecule has 0 aliphatic heterocycles. The zero-order valence-corrected chi connectivity index (χ0v) is 16.4. The van der Waals surface area contributed by atoms with Gasteiger partial charge in [-0.05, 0) is 36.2 Å². The van der Waals surface area contributed by atoms with E-state index in [9.17, 15) is 14.7 Å². The lowest BCUT2D eigenvalue weighted by Gasteiger charge is -2.06. The highest BCUT2D eigenvalue weighted by Crippen LogP contribution is 2.17. The highest BCUT2D eigenvalue weighted by molar-refractivity contribution is 9.10. The number of carboxylic acids is 1. The number of carbonyl (C=O) groups excluding carboxylic acids is 1. The maximum atomic E-state index is 12.1. The highest BCUT2D eigenvalue weighted by atomic mass is 79.9. The largest absolute Gasteiger partial charge is 0.484 e. The number of rotatable bonds is 8. The third kappa shape index (κ3) is 5.43. The molecule has 0 unspecified atom stereocenters. The van der Waals surface area contributed by atoms with Crippen molar-refractivity contribution < 1.29 is 19.4 Å². The Morgan fingerprint density at radius 3 is 2.50 bits per heavy atom. The van der Waals surface area contributed by atoms with Gasteiger partial charge in [-0.2, -0.15) is 5.10 Å². The van der Waals surface area contributed by atoms with Gasteiger partial charge in [0.2, 0.25) is 0 Å². The van der Waals surface area contributed by atoms with Crippen LogP contribution in [0, 0.1) is 0 Å². The van der Waals surface area contributed by atoms with Crippen molar-refractivity contribution in [3.05, 3.63) is 76.5 Å². The summed E-state index contributed by atoms with van der Waals surface area (Å²) in [6.07, 6.45) is 2.21. The first-order valence-corrected chi connectivity index (χ1v) is 9.33. The molecule has 0 fully saturated rings. The number of aromatic nitrogens is 2. The van der Waals surface area contributed by atoms with Crippen molar-refractivity contribution in [2.45, 2.75) is 13.0 Å². The maximum Gasteiger partial charge on any atom is 0.358 e. The van der Waals surface area contributed by atoms with Crippen molar-refractivity contribution in [1.82, 2.24) is 9.78 Å². The van der Waals surface area contributed by atoms with Crippen molar-refractivity contribution in [3.8, 4) is 5.75 Å². The van der Waals surface area contributed by atoms with Crippen LogP contribution in [0.15, 0.2) is 65.3 Å². The molecule has 144 valence electrons. The van der Waals surface area contributed by atoms with Gasteiger partial charge in [0.05, 0.1) is 5.69 Å². The number of aromatic carboxylic acids is 1. The van der Waals surface area contributed by atoms with E-state index in [1.54, 1.807) is 24.3 Å². The van der Waals surface area contributed by atoms with Crippen LogP contribution in [-0.4, -0.2) is 33.4 Å². The van der Waals surface area contributed by atoms with Gasteiger partial charge in [-0.15, -0.1) is 0 Å². The smallest absolute Gasteiger partial charge is 0.358 e. The normalized spacial score (nSPS) is 10.5. The molecule has 0 aliphatic rings. The monoisotopic (exact) mass is 443 g/mol. The summed E-state index contributed by atoms with van der Waals surface area (Å²) in [5.74, 6) is -1.13. The number of hydrogen-bond acceptors (Lipinski definition) is 4. The van der Waals surface area contributed by atoms with Gasteiger partial charge in [0.1, 0.15) is 5.75 Å². The van der Waals surface area contributed by atoms with Crippen molar-refractivity contribution >= 4 is 33.5 Å². The standard InChI is InChI=1S/C20H18BrN3O4/c21-15-6-8-16(9-7-15)28-13-18(25)22-17-12-24(23-19(17)20(26)27)11-10-14-4-2-1-3-5-14/h1-9,12H,10-11,13H2,(H,22,25)(H,26,27). The van der Waals surface area contributed by atoms with Crippen molar-refractivity contribution in [2.24, 2.45) is 0 Å². The van der Waals surface area contributed by atoms with Crippen molar-refractivity contribution in [3.63, 3.8) is 0 Å². The number of amides is 1. The van der Waals surface area contributed by atoms with Crippen molar-refractivity contribution in [1.29, 1.82) is 0 Å². The Balaban J connectivity index is 1.61. The Labute approximate surface area is 170 Å². The number of carboxylic acid groups (broad SMARTS) is 1. The maximum absolute atomic E-state index is 12.1. The van der Waals surface area contributed by atoms with Crippen LogP contribution >= 0.6 is 15.9 Å². The Kier molecular flexibility index (Phi) is 6.44. The van der Waals surface area contributed by atoms with E-state index in [0.29, 0.717) is 18.7 Å². The second-order valence-electron chi connectivity index (χ2n) is 5.99. The van der Waals surface area contributed by atoms with E-state index in [4.69, 9.17) is 4.74 Å². The number of carbonyl (C=O) groups is 2. The Morgan fingerprint density at radius 2 is 1.82 bits per heavy atom. The second-order valence-corrected chi connectivity index (χ2v) is 6.90. The highest BCUT2D eigenvalue weighted by Gasteiger charge is 2.18. The van der Waals surface area contributed by atoms with Gasteiger partial charge in [-0.25, -0.2) is 4.79 Å². The van der Waals surface area contributed by atoms with Gasteiger partial charge in [0.25, 0.3) is 5.91 Å². The number of anilines is 1. The molecule has 3 aromatic rings. The number of halogens is 1. The molecular weight excluding hydrogens is 426 g/mol. The number of benzene rings is 2. The topological polar surface area (TPSA) is 93.5 Å². The summed E-state index contributed by atoms with van der Waals surface area (Å²) in [4.78, 5) is 23.6. The van der Waals surface area contributed by atoms with Gasteiger partial charge in [0.15, 0.2) is 12.3 Å². The van der Waals surface area contributed by atoms with Crippen LogP contribution in [-0.2, 0) is 17.8 Å². The van der Waals surface area contributed by atoms with Crippen molar-refractivity contribution in [2.75, 3.05) is 11.9 Å². The van der Waals surface area contributed by atoms with Gasteiger partial charge in [0, 0.05) is 17.2 Å². The lowest BCUT2D eigenvalue weighted by Crippen LogP contribution is -2.21. The number of ether oxygens (including phenoxy) is 1. The Bertz CT molecular complexity index is 955. The molecule has 2 N–H and O–H groups in total. The molecule has 0 radical (unpaired) electrons. The second kappa shape index (κ2) is 9.18. The van der Waals surface area contributed by atoms with E-state index < -0.39 is 11.9 Å². The van der Waals surface area contributed by atoms with E-state index in [1.807, 2.05) is 30.3 Å². The first-order chi connectivity index (χ1) is 13.5. The first kappa shape index (κ1) is 19.6. The molecule has 0 saturated heterocycles. The van der Waals surface area contributed by atoms with Gasteiger partial charge < -0.3 is 15.2 Å². The van der Waals surface area contributed by atoms with Crippen LogP contribution in [0.2, 0.25) is 0 Å². The lowest BCUT2D eigenvalue weighted by molar-refractivity contribution is -0.118. The van der Waals surface area contributed by atoms with Crippen LogP contribution in [0.3, 0.4) is 0 Å². The minimum atomic E-state index is -1.21. The Morgan fingerprint density at radius 1 is 1.11 bits per heavy atom. The predicted octanol–water partition coefficient (Wildman–Crippen LogP) is 3.60. The fourth-order valence-corrected chi connectivity index (χ4v) is 2.80. The summed E-state index contributed by atoms with van der Waals surface area (Å²) >= 11 is 3.32. The molecule has 0 aliphatic carbocycles. The van der Waals surface area contributed by atoms with Crippen LogP contribution in [0.5, 0.6) is 5.75 Å². The van der Waals surface area contributed by atoms with E-state index in [2.05, 4.69) is 26.3 Å². The fourth-order valence-electron chi connectivity index (χ4n) is 2.54. The third-order valence-electron chi connectivity index (χ3n) is 3.89. The van der Waals surface area contributed by atoms with Crippen LogP contribution in [0.25, 0.3) is 0 Å². The van der Waals surface area contributed by atoms with Crippen LogP contribution in [0.4, 0.5) is 5.69 Å². The molecule has 7 nitrogen and oxygen atoms in total. The van der Waals surface area contributed by atoms with Gasteiger partial charge in [-0.3, -0.25) is 9.48 Å². The zero-order valence-electron chi connectivity index (χ0n) is 14.8. The number of nitrogens with one attached hydrogen (secondary N) is 1. The SMILES string of the molecule is O=C(COc1ccc(Br)cc1)Nc1cn(CCc2ccccc2)nc1C(=O)O. The van der Waals surface area contributed by atoms with E-state index >= 15 is 0 Å². The molecule has 1 aromatic heterocycles. The van der Waals surface area contributed by atoms with E-state index in [-0.39, 0.29) is 18.0 Å². The molecule has 0 atom stereocenters. The molecule has 2 aromatic carbocycles. The lowest BCUT2D eigenvalue weighted by atomic mass is 10.1. The molecule has 1 amide bonds. The molecular formula is C20H18BrN3O4. The summed E-state index contributed by atoms with van der Waals surface area (Å²) in [5, 5.41) is 16.0. The Hall–Kier alpha value is -3.13. The number of aryl methyl sites for hydroxylation is 2. The summed E-state index contributed by atoms with van der Waals surface area (Å²) in [6.45, 7) is 0.255. The molecule has 0 bridgehead atoms. The average Bonchev–Trinajstić information content (AvgIpc) is 3.10. The summed E-state index contributed by atoms with van der Waals surface area (Å²) in [7, 11) is 0. The summed E-state index contributed by atoms with van der Waals surface area (Å²) < 4.78 is 7.82. The fraction of sp³-hybridized carbons (Fsp3) is 0.150. The minimum Gasteiger partial charge on any atom is -0.484 e. The number of hydrogen-bond donors (Lipinski definition) is 2. The molecule has 0 spiro atoms. The van der Waals surface area contributed by atoms with Gasteiger partial charge >= 0.3 is 5.97 Å². The molecule has 1 heterocycles. The molecule has 28 heavy (non-hydrogen) atoms. The molecule has 3 rings (SSSR count). The van der Waals surface area contributed by atoms with Crippen LogP contribution < -0.4 is 10.1 Å². The predicted molar refractivity (Wildman–Crippen MR) is 108 cm³/mol. The average molecular weight is 444 g/mol. The number of nitrogens with zero attached hydrogens (tertiary/aromatic N) is 2. The van der Waals surface area contributed by atoms with Gasteiger partial charge in [-0.1, -0.05) is 46.3 Å².